The van der Waals surface area contributed by atoms with Gasteiger partial charge in [0.2, 0.25) is 0 Å². The van der Waals surface area contributed by atoms with Crippen LogP contribution in [0.25, 0.3) is 0 Å². The van der Waals surface area contributed by atoms with E-state index < -0.39 is 0 Å². The Kier molecular flexibility index (Phi) is 6.14. The number of nitrogens with one attached hydrogen (secondary N) is 1. The number of hydrogen-bond acceptors (Lipinski definition) is 4. The zero-order valence-corrected chi connectivity index (χ0v) is 17.9. The number of hydrogen-bond donors (Lipinski definition) is 1. The minimum atomic E-state index is -0.194. The lowest BCUT2D eigenvalue weighted by molar-refractivity contribution is 0.102. The van der Waals surface area contributed by atoms with Gasteiger partial charge in [0.1, 0.15) is 0 Å². The van der Waals surface area contributed by atoms with E-state index in [0.29, 0.717) is 22.7 Å². The van der Waals surface area contributed by atoms with Crippen molar-refractivity contribution < 1.29 is 9.59 Å². The maximum absolute atomic E-state index is 12.6. The van der Waals surface area contributed by atoms with E-state index in [4.69, 9.17) is 0 Å². The fraction of sp³-hybridized carbons (Fsp3) is 0.231. The maximum Gasteiger partial charge on any atom is 0.255 e. The molecular formula is C26H27N3O2. The molecule has 4 rings (SSSR count). The number of anilines is 2. The van der Waals surface area contributed by atoms with Gasteiger partial charge < -0.3 is 15.1 Å². The van der Waals surface area contributed by atoms with Crippen LogP contribution in [0.2, 0.25) is 0 Å². The third kappa shape index (κ3) is 4.84. The van der Waals surface area contributed by atoms with Crippen LogP contribution in [0.1, 0.15) is 32.7 Å². The summed E-state index contributed by atoms with van der Waals surface area (Å²) in [6, 6.07) is 24.4. The van der Waals surface area contributed by atoms with Gasteiger partial charge in [-0.15, -0.1) is 0 Å². The molecule has 1 heterocycles. The van der Waals surface area contributed by atoms with E-state index in [-0.39, 0.29) is 11.7 Å². The smallest absolute Gasteiger partial charge is 0.255 e. The quantitative estimate of drug-likeness (QED) is 0.612. The van der Waals surface area contributed by atoms with Crippen LogP contribution in [0.3, 0.4) is 0 Å². The summed E-state index contributed by atoms with van der Waals surface area (Å²) in [5.74, 6) is -0.248. The van der Waals surface area contributed by atoms with Gasteiger partial charge in [0.25, 0.3) is 5.91 Å². The van der Waals surface area contributed by atoms with Crippen molar-refractivity contribution in [3.63, 3.8) is 0 Å². The van der Waals surface area contributed by atoms with Crippen LogP contribution in [-0.2, 0) is 0 Å². The summed E-state index contributed by atoms with van der Waals surface area (Å²) in [6.07, 6.45) is 1.16. The van der Waals surface area contributed by atoms with Gasteiger partial charge in [-0.2, -0.15) is 0 Å². The van der Waals surface area contributed by atoms with Crippen LogP contribution in [0.4, 0.5) is 11.4 Å². The summed E-state index contributed by atoms with van der Waals surface area (Å²) in [5.41, 5.74) is 3.64. The molecule has 158 valence electrons. The SMILES string of the molecule is CN(C)C1CCN(c2ccc(NC(=O)c3ccc(C(=O)c4ccccc4)cc3)cc2)C1. The topological polar surface area (TPSA) is 52.6 Å². The van der Waals surface area contributed by atoms with Gasteiger partial charge in [-0.3, -0.25) is 9.59 Å². The van der Waals surface area contributed by atoms with Crippen LogP contribution in [0.5, 0.6) is 0 Å². The van der Waals surface area contributed by atoms with Crippen molar-refractivity contribution in [2.24, 2.45) is 0 Å². The minimum Gasteiger partial charge on any atom is -0.370 e. The van der Waals surface area contributed by atoms with Gasteiger partial charge in [-0.1, -0.05) is 42.5 Å². The Labute approximate surface area is 183 Å². The molecule has 0 spiro atoms. The lowest BCUT2D eigenvalue weighted by atomic mass is 10.0. The first kappa shape index (κ1) is 20.8. The normalized spacial score (nSPS) is 15.8. The molecule has 1 saturated heterocycles. The lowest BCUT2D eigenvalue weighted by Crippen LogP contribution is -2.31. The summed E-state index contributed by atoms with van der Waals surface area (Å²) in [5, 5.41) is 2.93. The molecule has 5 heteroatoms. The van der Waals surface area contributed by atoms with E-state index in [2.05, 4.69) is 41.3 Å². The molecule has 31 heavy (non-hydrogen) atoms. The lowest BCUT2D eigenvalue weighted by Gasteiger charge is -2.22. The van der Waals surface area contributed by atoms with Gasteiger partial charge in [0, 0.05) is 47.2 Å². The summed E-state index contributed by atoms with van der Waals surface area (Å²) in [4.78, 5) is 29.8. The minimum absolute atomic E-state index is 0.0541. The molecule has 0 aliphatic carbocycles. The molecule has 1 unspecified atom stereocenters. The van der Waals surface area contributed by atoms with E-state index in [1.54, 1.807) is 36.4 Å². The second kappa shape index (κ2) is 9.14. The van der Waals surface area contributed by atoms with E-state index in [0.717, 1.165) is 25.2 Å². The molecule has 1 aliphatic rings. The Morgan fingerprint density at radius 2 is 1.45 bits per heavy atom. The molecule has 0 radical (unpaired) electrons. The number of rotatable bonds is 6. The Balaban J connectivity index is 1.38. The maximum atomic E-state index is 12.6. The van der Waals surface area contributed by atoms with Crippen LogP contribution >= 0.6 is 0 Å². The molecule has 1 aliphatic heterocycles. The molecule has 3 aromatic rings. The highest BCUT2D eigenvalue weighted by atomic mass is 16.1. The average Bonchev–Trinajstić information content (AvgIpc) is 3.30. The number of ketones is 1. The first-order chi connectivity index (χ1) is 15.0. The molecule has 1 atom stereocenters. The molecule has 5 nitrogen and oxygen atoms in total. The van der Waals surface area contributed by atoms with E-state index >= 15 is 0 Å². The molecule has 1 N–H and O–H groups in total. The number of likely N-dealkylation sites (N-methyl/N-ethyl adjacent to an activating group) is 1. The number of carbonyl (C=O) groups excluding carboxylic acids is 2. The predicted molar refractivity (Wildman–Crippen MR) is 125 cm³/mol. The number of benzene rings is 3. The van der Waals surface area contributed by atoms with E-state index in [9.17, 15) is 9.59 Å². The summed E-state index contributed by atoms with van der Waals surface area (Å²) < 4.78 is 0. The number of amides is 1. The highest BCUT2D eigenvalue weighted by Crippen LogP contribution is 2.24. The Bertz CT molecular complexity index is 1040. The van der Waals surface area contributed by atoms with Crippen molar-refractivity contribution in [1.29, 1.82) is 0 Å². The Hall–Kier alpha value is -3.44. The zero-order valence-electron chi connectivity index (χ0n) is 17.9. The van der Waals surface area contributed by atoms with Crippen LogP contribution in [0, 0.1) is 0 Å². The molecule has 0 bridgehead atoms. The monoisotopic (exact) mass is 413 g/mol. The summed E-state index contributed by atoms with van der Waals surface area (Å²) >= 11 is 0. The molecule has 0 aromatic heterocycles. The van der Waals surface area contributed by atoms with Gasteiger partial charge in [-0.25, -0.2) is 0 Å². The fourth-order valence-corrected chi connectivity index (χ4v) is 3.89. The molecule has 1 amide bonds. The molecule has 1 fully saturated rings. The summed E-state index contributed by atoms with van der Waals surface area (Å²) in [7, 11) is 4.24. The third-order valence-corrected chi connectivity index (χ3v) is 5.83. The first-order valence-electron chi connectivity index (χ1n) is 10.5. The van der Waals surface area contributed by atoms with Crippen molar-refractivity contribution in [1.82, 2.24) is 4.90 Å². The average molecular weight is 414 g/mol. The van der Waals surface area contributed by atoms with E-state index in [1.165, 1.54) is 5.69 Å². The highest BCUT2D eigenvalue weighted by molar-refractivity contribution is 6.10. The Morgan fingerprint density at radius 3 is 2.06 bits per heavy atom. The van der Waals surface area contributed by atoms with Crippen LogP contribution in [0.15, 0.2) is 78.9 Å². The number of nitrogens with zero attached hydrogens (tertiary/aromatic N) is 2. The van der Waals surface area contributed by atoms with Crippen molar-refractivity contribution in [2.45, 2.75) is 12.5 Å². The predicted octanol–water partition coefficient (Wildman–Crippen LogP) is 4.31. The first-order valence-corrected chi connectivity index (χ1v) is 10.5. The van der Waals surface area contributed by atoms with Gasteiger partial charge in [-0.05, 0) is 56.9 Å². The second-order valence-corrected chi connectivity index (χ2v) is 8.13. The third-order valence-electron chi connectivity index (χ3n) is 5.83. The van der Waals surface area contributed by atoms with Gasteiger partial charge >= 0.3 is 0 Å². The van der Waals surface area contributed by atoms with Crippen molar-refractivity contribution in [2.75, 3.05) is 37.4 Å². The standard InChI is InChI=1S/C26H27N3O2/c1-28(2)24-16-17-29(18-24)23-14-12-22(13-15-23)27-26(31)21-10-8-20(9-11-21)25(30)19-6-4-3-5-7-19/h3-15,24H,16-18H2,1-2H3,(H,27,31). The van der Waals surface area contributed by atoms with Crippen LogP contribution in [-0.4, -0.2) is 49.8 Å². The van der Waals surface area contributed by atoms with Crippen LogP contribution < -0.4 is 10.2 Å². The van der Waals surface area contributed by atoms with Crippen molar-refractivity contribution in [3.8, 4) is 0 Å². The van der Waals surface area contributed by atoms with Gasteiger partial charge in [0.05, 0.1) is 0 Å². The highest BCUT2D eigenvalue weighted by Gasteiger charge is 2.24. The molecular weight excluding hydrogens is 386 g/mol. The van der Waals surface area contributed by atoms with E-state index in [1.807, 2.05) is 30.3 Å². The number of carbonyl (C=O) groups is 2. The van der Waals surface area contributed by atoms with Gasteiger partial charge in [0.15, 0.2) is 5.78 Å². The van der Waals surface area contributed by atoms with Crippen molar-refractivity contribution in [3.05, 3.63) is 95.6 Å². The molecule has 3 aromatic carbocycles. The fourth-order valence-electron chi connectivity index (χ4n) is 3.89. The zero-order chi connectivity index (χ0) is 21.8. The largest absolute Gasteiger partial charge is 0.370 e. The molecule has 0 saturated carbocycles. The second-order valence-electron chi connectivity index (χ2n) is 8.13. The Morgan fingerprint density at radius 1 is 0.839 bits per heavy atom. The summed E-state index contributed by atoms with van der Waals surface area (Å²) in [6.45, 7) is 2.06. The van der Waals surface area contributed by atoms with Crippen molar-refractivity contribution >= 4 is 23.1 Å².